The van der Waals surface area contributed by atoms with Crippen molar-refractivity contribution >= 4 is 34.4 Å². The van der Waals surface area contributed by atoms with Crippen molar-refractivity contribution in [2.45, 2.75) is 0 Å². The zero-order chi connectivity index (χ0) is 21.2. The molecule has 0 atom stereocenters. The summed E-state index contributed by atoms with van der Waals surface area (Å²) in [5, 5.41) is 13.2. The van der Waals surface area contributed by atoms with Crippen molar-refractivity contribution in [1.82, 2.24) is 24.7 Å². The Morgan fingerprint density at radius 2 is 1.94 bits per heavy atom. The minimum Gasteiger partial charge on any atom is -0.368 e. The predicted octanol–water partition coefficient (Wildman–Crippen LogP) is 3.19. The molecule has 154 valence electrons. The van der Waals surface area contributed by atoms with E-state index in [-0.39, 0.29) is 6.03 Å². The van der Waals surface area contributed by atoms with E-state index in [0.717, 1.165) is 35.4 Å². The molecule has 0 radical (unpaired) electrons. The summed E-state index contributed by atoms with van der Waals surface area (Å²) in [5.41, 5.74) is 4.32. The Kier molecular flexibility index (Phi) is 4.98. The van der Waals surface area contributed by atoms with Gasteiger partial charge in [-0.25, -0.2) is 14.3 Å². The number of terminal acetylenes is 1. The van der Waals surface area contributed by atoms with Crippen molar-refractivity contribution in [3.05, 3.63) is 59.2 Å². The molecule has 4 heterocycles. The second kappa shape index (κ2) is 8.08. The van der Waals surface area contributed by atoms with E-state index in [1.165, 1.54) is 11.3 Å². The molecular weight excluding hydrogens is 410 g/mol. The van der Waals surface area contributed by atoms with Crippen molar-refractivity contribution in [1.29, 1.82) is 0 Å². The minimum absolute atomic E-state index is 0.147. The van der Waals surface area contributed by atoms with Gasteiger partial charge in [-0.2, -0.15) is 0 Å². The maximum absolute atomic E-state index is 12.5. The van der Waals surface area contributed by atoms with Crippen molar-refractivity contribution in [3.8, 4) is 23.5 Å². The highest BCUT2D eigenvalue weighted by molar-refractivity contribution is 7.10. The standard InChI is InChI=1S/C22H19N7OS/c1-2-21-24-20(15-31-21)25-22(30)28-12-10-27(11-13-28)17-7-5-16(6-8-17)18-4-3-9-29-19(18)14-23-26-29/h1,3-9,14-15H,10-13H2,(H,25,30). The fourth-order valence-corrected chi connectivity index (χ4v) is 4.26. The van der Waals surface area contributed by atoms with Crippen molar-refractivity contribution in [3.63, 3.8) is 0 Å². The fourth-order valence-electron chi connectivity index (χ4n) is 3.70. The van der Waals surface area contributed by atoms with Gasteiger partial charge in [0.1, 0.15) is 5.82 Å². The van der Waals surface area contributed by atoms with Crippen LogP contribution >= 0.6 is 11.3 Å². The molecule has 0 spiro atoms. The first-order chi connectivity index (χ1) is 15.2. The lowest BCUT2D eigenvalue weighted by Crippen LogP contribution is -2.50. The average Bonchev–Trinajstić information content (AvgIpc) is 3.48. The molecule has 2 amide bonds. The number of thiazole rings is 1. The number of carbonyl (C=O) groups excluding carboxylic acids is 1. The minimum atomic E-state index is -0.147. The van der Waals surface area contributed by atoms with E-state index in [9.17, 15) is 4.79 Å². The van der Waals surface area contributed by atoms with Gasteiger partial charge in [-0.05, 0) is 29.7 Å². The number of aromatic nitrogens is 4. The Balaban J connectivity index is 1.22. The number of nitrogens with zero attached hydrogens (tertiary/aromatic N) is 6. The number of urea groups is 1. The SMILES string of the molecule is C#Cc1nc(NC(=O)N2CCN(c3ccc(-c4cccn5nncc45)cc3)CC2)cs1. The monoisotopic (exact) mass is 429 g/mol. The number of carbonyl (C=O) groups is 1. The summed E-state index contributed by atoms with van der Waals surface area (Å²) in [6.45, 7) is 2.81. The molecule has 1 fully saturated rings. The van der Waals surface area contributed by atoms with Gasteiger partial charge >= 0.3 is 6.03 Å². The quantitative estimate of drug-likeness (QED) is 0.506. The largest absolute Gasteiger partial charge is 0.368 e. The van der Waals surface area contributed by atoms with Crippen molar-refractivity contribution < 1.29 is 4.79 Å². The highest BCUT2D eigenvalue weighted by atomic mass is 32.1. The third-order valence-corrected chi connectivity index (χ3v) is 6.09. The van der Waals surface area contributed by atoms with Crippen LogP contribution in [0.1, 0.15) is 5.01 Å². The number of rotatable bonds is 3. The number of fused-ring (bicyclic) bond motifs is 1. The average molecular weight is 430 g/mol. The van der Waals surface area contributed by atoms with Crippen LogP contribution in [0.5, 0.6) is 0 Å². The summed E-state index contributed by atoms with van der Waals surface area (Å²) >= 11 is 1.34. The lowest BCUT2D eigenvalue weighted by atomic mass is 10.1. The highest BCUT2D eigenvalue weighted by Crippen LogP contribution is 2.27. The molecule has 0 unspecified atom stereocenters. The van der Waals surface area contributed by atoms with Crippen LogP contribution in [-0.2, 0) is 0 Å². The van der Waals surface area contributed by atoms with Crippen LogP contribution in [0, 0.1) is 12.3 Å². The summed E-state index contributed by atoms with van der Waals surface area (Å²) in [5.74, 6) is 2.98. The van der Waals surface area contributed by atoms with E-state index in [4.69, 9.17) is 6.42 Å². The summed E-state index contributed by atoms with van der Waals surface area (Å²) in [6.07, 6.45) is 8.99. The van der Waals surface area contributed by atoms with Crippen molar-refractivity contribution in [2.75, 3.05) is 36.4 Å². The fraction of sp³-hybridized carbons (Fsp3) is 0.182. The summed E-state index contributed by atoms with van der Waals surface area (Å²) in [7, 11) is 0. The third-order valence-electron chi connectivity index (χ3n) is 5.31. The Bertz CT molecular complexity index is 1260. The molecule has 31 heavy (non-hydrogen) atoms. The van der Waals surface area contributed by atoms with Crippen LogP contribution in [-0.4, -0.2) is 56.9 Å². The van der Waals surface area contributed by atoms with Gasteiger partial charge in [0.25, 0.3) is 0 Å². The lowest BCUT2D eigenvalue weighted by Gasteiger charge is -2.36. The first kappa shape index (κ1) is 19.1. The molecule has 3 aromatic heterocycles. The molecule has 5 rings (SSSR count). The second-order valence-corrected chi connectivity index (χ2v) is 7.98. The number of benzene rings is 1. The number of nitrogens with one attached hydrogen (secondary N) is 1. The van der Waals surface area contributed by atoms with Gasteiger partial charge < -0.3 is 9.80 Å². The summed E-state index contributed by atoms with van der Waals surface area (Å²) in [6, 6.07) is 12.4. The van der Waals surface area contributed by atoms with Gasteiger partial charge in [0.05, 0.1) is 11.7 Å². The van der Waals surface area contributed by atoms with Crippen LogP contribution < -0.4 is 10.2 Å². The van der Waals surface area contributed by atoms with E-state index in [1.807, 2.05) is 12.3 Å². The molecule has 8 nitrogen and oxygen atoms in total. The van der Waals surface area contributed by atoms with Gasteiger partial charge in [-0.15, -0.1) is 22.9 Å². The molecule has 0 saturated carbocycles. The Morgan fingerprint density at radius 3 is 2.68 bits per heavy atom. The summed E-state index contributed by atoms with van der Waals surface area (Å²) in [4.78, 5) is 20.8. The van der Waals surface area contributed by atoms with Crippen LogP contribution in [0.3, 0.4) is 0 Å². The van der Waals surface area contributed by atoms with Crippen molar-refractivity contribution in [2.24, 2.45) is 0 Å². The molecule has 0 bridgehead atoms. The Labute approximate surface area is 183 Å². The van der Waals surface area contributed by atoms with E-state index >= 15 is 0 Å². The molecule has 1 aliphatic heterocycles. The normalized spacial score (nSPS) is 13.9. The number of hydrogen-bond donors (Lipinski definition) is 1. The maximum Gasteiger partial charge on any atom is 0.323 e. The molecular formula is C22H19N7OS. The van der Waals surface area contributed by atoms with Gasteiger partial charge in [-0.3, -0.25) is 5.32 Å². The Morgan fingerprint density at radius 1 is 1.13 bits per heavy atom. The van der Waals surface area contributed by atoms with Crippen LogP contribution in [0.2, 0.25) is 0 Å². The van der Waals surface area contributed by atoms with E-state index in [1.54, 1.807) is 21.0 Å². The Hall–Kier alpha value is -3.90. The van der Waals surface area contributed by atoms with Gasteiger partial charge in [0, 0.05) is 49.0 Å². The van der Waals surface area contributed by atoms with Crippen LogP contribution in [0.4, 0.5) is 16.3 Å². The summed E-state index contributed by atoms with van der Waals surface area (Å²) < 4.78 is 1.77. The molecule has 0 aliphatic carbocycles. The second-order valence-electron chi connectivity index (χ2n) is 7.12. The maximum atomic E-state index is 12.5. The molecule has 9 heteroatoms. The number of hydrogen-bond acceptors (Lipinski definition) is 6. The van der Waals surface area contributed by atoms with E-state index in [2.05, 4.69) is 61.8 Å². The zero-order valence-corrected chi connectivity index (χ0v) is 17.4. The lowest BCUT2D eigenvalue weighted by molar-refractivity contribution is 0.208. The third kappa shape index (κ3) is 3.81. The van der Waals surface area contributed by atoms with E-state index < -0.39 is 0 Å². The molecule has 1 saturated heterocycles. The number of pyridine rings is 1. The first-order valence-electron chi connectivity index (χ1n) is 9.84. The van der Waals surface area contributed by atoms with E-state index in [0.29, 0.717) is 23.9 Å². The predicted molar refractivity (Wildman–Crippen MR) is 121 cm³/mol. The highest BCUT2D eigenvalue weighted by Gasteiger charge is 2.22. The molecule has 1 N–H and O–H groups in total. The van der Waals surface area contributed by atoms with Gasteiger partial charge in [-0.1, -0.05) is 23.4 Å². The van der Waals surface area contributed by atoms with Gasteiger partial charge in [0.2, 0.25) is 0 Å². The number of anilines is 2. The smallest absolute Gasteiger partial charge is 0.323 e. The first-order valence-corrected chi connectivity index (χ1v) is 10.7. The van der Waals surface area contributed by atoms with Crippen LogP contribution in [0.25, 0.3) is 16.6 Å². The number of amides is 2. The van der Waals surface area contributed by atoms with Gasteiger partial charge in [0.15, 0.2) is 5.01 Å². The molecule has 1 aromatic carbocycles. The topological polar surface area (TPSA) is 78.7 Å². The molecule has 4 aromatic rings. The van der Waals surface area contributed by atoms with Crippen LogP contribution in [0.15, 0.2) is 54.2 Å². The molecule has 1 aliphatic rings. The zero-order valence-electron chi connectivity index (χ0n) is 16.6. The number of piperazine rings is 1.